The van der Waals surface area contributed by atoms with Gasteiger partial charge in [0.05, 0.1) is 17.9 Å². The Hall–Kier alpha value is -2.06. The molecule has 1 amide bonds. The van der Waals surface area contributed by atoms with Crippen molar-refractivity contribution >= 4 is 11.6 Å². The van der Waals surface area contributed by atoms with Crippen LogP contribution in [0.15, 0.2) is 18.2 Å². The van der Waals surface area contributed by atoms with E-state index in [4.69, 9.17) is 9.47 Å². The van der Waals surface area contributed by atoms with E-state index in [-0.39, 0.29) is 5.91 Å². The largest absolute Gasteiger partial charge is 0.494 e. The molecule has 1 atom stereocenters. The number of nitrogens with one attached hydrogen (secondary N) is 1. The summed E-state index contributed by atoms with van der Waals surface area (Å²) in [5, 5.41) is 12.2. The van der Waals surface area contributed by atoms with Gasteiger partial charge < -0.3 is 14.8 Å². The van der Waals surface area contributed by atoms with Crippen LogP contribution in [0.3, 0.4) is 0 Å². The Labute approximate surface area is 151 Å². The van der Waals surface area contributed by atoms with Crippen molar-refractivity contribution in [1.29, 1.82) is 5.26 Å². The van der Waals surface area contributed by atoms with Crippen LogP contribution < -0.4 is 10.1 Å². The number of anilines is 1. The molecule has 0 bridgehead atoms. The minimum absolute atomic E-state index is 0.234. The van der Waals surface area contributed by atoms with Gasteiger partial charge in [0.15, 0.2) is 0 Å². The molecule has 1 N–H and O–H groups in total. The summed E-state index contributed by atoms with van der Waals surface area (Å²) in [6, 6.07) is 7.26. The molecule has 0 unspecified atom stereocenters. The molecule has 1 rings (SSSR count). The maximum absolute atomic E-state index is 12.6. The number of unbranched alkanes of at least 4 members (excludes halogenated alkanes) is 3. The highest BCUT2D eigenvalue weighted by molar-refractivity contribution is 5.98. The van der Waals surface area contributed by atoms with Crippen molar-refractivity contribution < 1.29 is 14.3 Å². The van der Waals surface area contributed by atoms with E-state index in [1.165, 1.54) is 0 Å². The Morgan fingerprint density at radius 2 is 1.96 bits per heavy atom. The summed E-state index contributed by atoms with van der Waals surface area (Å²) in [5.74, 6) is 0.405. The van der Waals surface area contributed by atoms with Gasteiger partial charge in [-0.1, -0.05) is 39.5 Å². The number of hydrogen-bond donors (Lipinski definition) is 1. The fourth-order valence-corrected chi connectivity index (χ4v) is 2.42. The number of carbonyl (C=O) groups excluding carboxylic acids is 1. The molecule has 0 saturated carbocycles. The predicted octanol–water partition coefficient (Wildman–Crippen LogP) is 4.66. The van der Waals surface area contributed by atoms with Crippen LogP contribution in [0.25, 0.3) is 0 Å². The smallest absolute Gasteiger partial charge is 0.256 e. The van der Waals surface area contributed by atoms with E-state index in [0.717, 1.165) is 32.1 Å². The average molecular weight is 346 g/mol. The third kappa shape index (κ3) is 6.39. The van der Waals surface area contributed by atoms with E-state index in [9.17, 15) is 10.1 Å². The predicted molar refractivity (Wildman–Crippen MR) is 99.7 cm³/mol. The molecular weight excluding hydrogens is 316 g/mol. The number of nitriles is 1. The van der Waals surface area contributed by atoms with Gasteiger partial charge in [0.25, 0.3) is 5.91 Å². The molecule has 0 saturated heterocycles. The monoisotopic (exact) mass is 346 g/mol. The summed E-state index contributed by atoms with van der Waals surface area (Å²) in [7, 11) is 1.54. The zero-order valence-corrected chi connectivity index (χ0v) is 15.9. The van der Waals surface area contributed by atoms with Crippen LogP contribution in [0.1, 0.15) is 64.9 Å². The third-order valence-electron chi connectivity index (χ3n) is 4.31. The van der Waals surface area contributed by atoms with E-state index in [1.54, 1.807) is 32.2 Å². The number of carbonyl (C=O) groups is 1. The zero-order valence-electron chi connectivity index (χ0n) is 15.9. The second-order valence-electron chi connectivity index (χ2n) is 6.37. The van der Waals surface area contributed by atoms with Gasteiger partial charge in [-0.15, -0.1) is 0 Å². The fraction of sp³-hybridized carbons (Fsp3) is 0.600. The SMILES string of the molecule is CCCCC[C@@](C)(OC)C(=O)Nc1ccc(OCCCC)cc1C#N. The summed E-state index contributed by atoms with van der Waals surface area (Å²) < 4.78 is 11.1. The summed E-state index contributed by atoms with van der Waals surface area (Å²) in [6.07, 6.45) is 5.71. The van der Waals surface area contributed by atoms with Crippen molar-refractivity contribution in [2.24, 2.45) is 0 Å². The Bertz CT molecular complexity index is 595. The molecule has 5 heteroatoms. The first-order valence-corrected chi connectivity index (χ1v) is 9.04. The van der Waals surface area contributed by atoms with Gasteiger partial charge in [-0.05, 0) is 38.0 Å². The first-order chi connectivity index (χ1) is 12.0. The summed E-state index contributed by atoms with van der Waals surface area (Å²) in [5.41, 5.74) is -0.0402. The molecule has 0 aromatic heterocycles. The van der Waals surface area contributed by atoms with Crippen molar-refractivity contribution in [2.45, 2.75) is 64.9 Å². The lowest BCUT2D eigenvalue weighted by Crippen LogP contribution is -2.42. The number of rotatable bonds is 11. The first kappa shape index (κ1) is 21.0. The minimum atomic E-state index is -0.905. The van der Waals surface area contributed by atoms with Gasteiger partial charge in [-0.25, -0.2) is 0 Å². The number of ether oxygens (including phenoxy) is 2. The van der Waals surface area contributed by atoms with Gasteiger partial charge in [-0.3, -0.25) is 4.79 Å². The van der Waals surface area contributed by atoms with E-state index < -0.39 is 5.60 Å². The van der Waals surface area contributed by atoms with Crippen LogP contribution in [0, 0.1) is 11.3 Å². The highest BCUT2D eigenvalue weighted by Gasteiger charge is 2.32. The Morgan fingerprint density at radius 3 is 2.56 bits per heavy atom. The fourth-order valence-electron chi connectivity index (χ4n) is 2.42. The molecule has 0 spiro atoms. The van der Waals surface area contributed by atoms with Crippen molar-refractivity contribution in [3.63, 3.8) is 0 Å². The number of nitrogens with zero attached hydrogens (tertiary/aromatic N) is 1. The summed E-state index contributed by atoms with van der Waals surface area (Å²) in [4.78, 5) is 12.6. The summed E-state index contributed by atoms with van der Waals surface area (Å²) in [6.45, 7) is 6.61. The zero-order chi connectivity index (χ0) is 18.7. The molecule has 0 aliphatic carbocycles. The van der Waals surface area contributed by atoms with Crippen LogP contribution in [0.4, 0.5) is 5.69 Å². The Balaban J connectivity index is 2.82. The molecule has 5 nitrogen and oxygen atoms in total. The van der Waals surface area contributed by atoms with Crippen LogP contribution in [0.5, 0.6) is 5.75 Å². The first-order valence-electron chi connectivity index (χ1n) is 9.04. The van der Waals surface area contributed by atoms with Gasteiger partial charge in [0, 0.05) is 7.11 Å². The lowest BCUT2D eigenvalue weighted by atomic mass is 9.96. The van der Waals surface area contributed by atoms with Gasteiger partial charge >= 0.3 is 0 Å². The Kier molecular flexibility index (Phi) is 9.01. The lowest BCUT2D eigenvalue weighted by Gasteiger charge is -2.27. The molecule has 0 fully saturated rings. The highest BCUT2D eigenvalue weighted by Crippen LogP contribution is 2.25. The molecule has 0 aliphatic rings. The molecule has 1 aromatic rings. The quantitative estimate of drug-likeness (QED) is 0.591. The second-order valence-corrected chi connectivity index (χ2v) is 6.37. The maximum Gasteiger partial charge on any atom is 0.256 e. The lowest BCUT2D eigenvalue weighted by molar-refractivity contribution is -0.136. The standard InChI is InChI=1S/C20H30N2O3/c1-5-7-9-12-20(3,24-4)19(23)22-18-11-10-17(14-16(18)15-21)25-13-8-6-2/h10-11,14H,5-9,12-13H2,1-4H3,(H,22,23)/t20-/m1/s1. The van der Waals surface area contributed by atoms with Crippen molar-refractivity contribution in [2.75, 3.05) is 19.0 Å². The molecule has 0 heterocycles. The Morgan fingerprint density at radius 1 is 1.24 bits per heavy atom. The molecule has 25 heavy (non-hydrogen) atoms. The number of hydrogen-bond acceptors (Lipinski definition) is 4. The van der Waals surface area contributed by atoms with Crippen LogP contribution in [0.2, 0.25) is 0 Å². The van der Waals surface area contributed by atoms with Gasteiger partial charge in [-0.2, -0.15) is 5.26 Å². The van der Waals surface area contributed by atoms with Crippen molar-refractivity contribution in [3.05, 3.63) is 23.8 Å². The van der Waals surface area contributed by atoms with Crippen LogP contribution >= 0.6 is 0 Å². The topological polar surface area (TPSA) is 71.3 Å². The van der Waals surface area contributed by atoms with E-state index in [2.05, 4.69) is 25.2 Å². The van der Waals surface area contributed by atoms with Gasteiger partial charge in [0.1, 0.15) is 17.4 Å². The molecule has 138 valence electrons. The molecule has 0 aliphatic heterocycles. The number of methoxy groups -OCH3 is 1. The highest BCUT2D eigenvalue weighted by atomic mass is 16.5. The second kappa shape index (κ2) is 10.7. The molecule has 1 aromatic carbocycles. The molecule has 0 radical (unpaired) electrons. The average Bonchev–Trinajstić information content (AvgIpc) is 2.62. The van der Waals surface area contributed by atoms with E-state index in [0.29, 0.717) is 30.0 Å². The van der Waals surface area contributed by atoms with Crippen molar-refractivity contribution in [3.8, 4) is 11.8 Å². The number of benzene rings is 1. The van der Waals surface area contributed by atoms with Crippen LogP contribution in [-0.2, 0) is 9.53 Å². The van der Waals surface area contributed by atoms with Crippen molar-refractivity contribution in [1.82, 2.24) is 0 Å². The van der Waals surface area contributed by atoms with E-state index >= 15 is 0 Å². The molecular formula is C20H30N2O3. The van der Waals surface area contributed by atoms with E-state index in [1.807, 2.05) is 0 Å². The minimum Gasteiger partial charge on any atom is -0.494 e. The number of amides is 1. The summed E-state index contributed by atoms with van der Waals surface area (Å²) >= 11 is 0. The maximum atomic E-state index is 12.6. The third-order valence-corrected chi connectivity index (χ3v) is 4.31. The normalized spacial score (nSPS) is 12.9. The van der Waals surface area contributed by atoms with Gasteiger partial charge in [0.2, 0.25) is 0 Å². The van der Waals surface area contributed by atoms with Crippen LogP contribution in [-0.4, -0.2) is 25.2 Å².